The minimum absolute atomic E-state index is 0.103. The summed E-state index contributed by atoms with van der Waals surface area (Å²) in [5.41, 5.74) is 2.75. The van der Waals surface area contributed by atoms with Crippen LogP contribution in [0.2, 0.25) is 5.02 Å². The first-order valence-electron chi connectivity index (χ1n) is 9.56. The largest absolute Gasteiger partial charge is 0.489 e. The lowest BCUT2D eigenvalue weighted by Crippen LogP contribution is -2.28. The summed E-state index contributed by atoms with van der Waals surface area (Å²) in [5.74, 6) is -1.23. The monoisotopic (exact) mass is 441 g/mol. The SMILES string of the molecule is Cc1cc(C(=O)O)ccc1[C@H](C)NC(=O)c1cc(Cl)ccc1COc1ccc(F)cc1. The fourth-order valence-corrected chi connectivity index (χ4v) is 3.40. The number of amides is 1. The highest BCUT2D eigenvalue weighted by Gasteiger charge is 2.18. The number of halogens is 2. The van der Waals surface area contributed by atoms with Gasteiger partial charge in [-0.15, -0.1) is 0 Å². The van der Waals surface area contributed by atoms with Crippen LogP contribution in [0.5, 0.6) is 5.75 Å². The molecule has 0 aliphatic carbocycles. The van der Waals surface area contributed by atoms with E-state index in [9.17, 15) is 14.0 Å². The summed E-state index contributed by atoms with van der Waals surface area (Å²) < 4.78 is 18.7. The lowest BCUT2D eigenvalue weighted by molar-refractivity contribution is 0.0696. The molecule has 0 radical (unpaired) electrons. The fraction of sp³-hybridized carbons (Fsp3) is 0.167. The fourth-order valence-electron chi connectivity index (χ4n) is 3.22. The molecular weight excluding hydrogens is 421 g/mol. The molecule has 0 spiro atoms. The quantitative estimate of drug-likeness (QED) is 0.503. The number of aryl methyl sites for hydroxylation is 1. The molecule has 160 valence electrons. The number of ether oxygens (including phenoxy) is 1. The van der Waals surface area contributed by atoms with Gasteiger partial charge in [-0.1, -0.05) is 23.7 Å². The van der Waals surface area contributed by atoms with E-state index in [1.165, 1.54) is 30.3 Å². The van der Waals surface area contributed by atoms with E-state index in [-0.39, 0.29) is 29.9 Å². The lowest BCUT2D eigenvalue weighted by Gasteiger charge is -2.19. The zero-order valence-corrected chi connectivity index (χ0v) is 17.7. The molecule has 0 aliphatic heterocycles. The third kappa shape index (κ3) is 5.61. The van der Waals surface area contributed by atoms with Gasteiger partial charge in [0.25, 0.3) is 5.91 Å². The van der Waals surface area contributed by atoms with Crippen LogP contribution >= 0.6 is 11.6 Å². The lowest BCUT2D eigenvalue weighted by atomic mass is 9.99. The number of carboxylic acid groups (broad SMARTS) is 1. The van der Waals surface area contributed by atoms with E-state index in [1.807, 2.05) is 6.92 Å². The van der Waals surface area contributed by atoms with Crippen LogP contribution in [0.25, 0.3) is 0 Å². The number of benzene rings is 3. The Morgan fingerprint density at radius 1 is 1.10 bits per heavy atom. The minimum atomic E-state index is -1.00. The molecule has 0 fully saturated rings. The van der Waals surface area contributed by atoms with Crippen LogP contribution in [0.4, 0.5) is 4.39 Å². The summed E-state index contributed by atoms with van der Waals surface area (Å²) in [5, 5.41) is 12.5. The Bertz CT molecular complexity index is 1120. The molecule has 3 rings (SSSR count). The number of nitrogens with one attached hydrogen (secondary N) is 1. The molecule has 3 aromatic carbocycles. The van der Waals surface area contributed by atoms with Gasteiger partial charge >= 0.3 is 5.97 Å². The maximum atomic E-state index is 13.1. The third-order valence-electron chi connectivity index (χ3n) is 4.86. The molecule has 0 unspecified atom stereocenters. The molecule has 0 bridgehead atoms. The maximum Gasteiger partial charge on any atom is 0.335 e. The van der Waals surface area contributed by atoms with Crippen LogP contribution < -0.4 is 10.1 Å². The number of rotatable bonds is 7. The summed E-state index contributed by atoms with van der Waals surface area (Å²) in [6.07, 6.45) is 0. The van der Waals surface area contributed by atoms with Crippen molar-refractivity contribution in [3.63, 3.8) is 0 Å². The van der Waals surface area contributed by atoms with Crippen molar-refractivity contribution in [3.05, 3.63) is 99.3 Å². The van der Waals surface area contributed by atoms with Gasteiger partial charge in [-0.25, -0.2) is 9.18 Å². The first kappa shape index (κ1) is 22.3. The van der Waals surface area contributed by atoms with E-state index >= 15 is 0 Å². The average Bonchev–Trinajstić information content (AvgIpc) is 2.73. The Kier molecular flexibility index (Phi) is 6.92. The first-order chi connectivity index (χ1) is 14.7. The molecule has 5 nitrogen and oxygen atoms in total. The Morgan fingerprint density at radius 2 is 1.81 bits per heavy atom. The van der Waals surface area contributed by atoms with Gasteiger partial charge < -0.3 is 15.2 Å². The van der Waals surface area contributed by atoms with Crippen molar-refractivity contribution in [3.8, 4) is 5.75 Å². The van der Waals surface area contributed by atoms with Crippen molar-refractivity contribution >= 4 is 23.5 Å². The van der Waals surface area contributed by atoms with Crippen LogP contribution in [-0.2, 0) is 6.61 Å². The second kappa shape index (κ2) is 9.62. The van der Waals surface area contributed by atoms with Crippen molar-refractivity contribution in [2.75, 3.05) is 0 Å². The number of carboxylic acids is 1. The molecule has 0 aliphatic rings. The Hall–Kier alpha value is -3.38. The normalized spacial score (nSPS) is 11.6. The summed E-state index contributed by atoms with van der Waals surface area (Å²) in [6, 6.07) is 15.0. The zero-order chi connectivity index (χ0) is 22.5. The number of hydrogen-bond acceptors (Lipinski definition) is 3. The van der Waals surface area contributed by atoms with Gasteiger partial charge in [0.15, 0.2) is 0 Å². The molecule has 3 aromatic rings. The highest BCUT2D eigenvalue weighted by molar-refractivity contribution is 6.31. The summed E-state index contributed by atoms with van der Waals surface area (Å²) in [4.78, 5) is 24.1. The second-order valence-corrected chi connectivity index (χ2v) is 7.55. The molecule has 31 heavy (non-hydrogen) atoms. The van der Waals surface area contributed by atoms with Gasteiger partial charge in [0.2, 0.25) is 0 Å². The van der Waals surface area contributed by atoms with Crippen molar-refractivity contribution in [2.24, 2.45) is 0 Å². The van der Waals surface area contributed by atoms with Gasteiger partial charge in [0.1, 0.15) is 18.2 Å². The molecule has 2 N–H and O–H groups in total. The maximum absolute atomic E-state index is 13.1. The Morgan fingerprint density at radius 3 is 2.45 bits per heavy atom. The van der Waals surface area contributed by atoms with Crippen LogP contribution in [0.3, 0.4) is 0 Å². The van der Waals surface area contributed by atoms with E-state index in [0.29, 0.717) is 21.9 Å². The van der Waals surface area contributed by atoms with E-state index < -0.39 is 5.97 Å². The Labute approximate surface area is 184 Å². The van der Waals surface area contributed by atoms with Crippen molar-refractivity contribution in [1.29, 1.82) is 0 Å². The summed E-state index contributed by atoms with van der Waals surface area (Å²) >= 11 is 6.10. The van der Waals surface area contributed by atoms with Gasteiger partial charge in [0, 0.05) is 16.1 Å². The smallest absolute Gasteiger partial charge is 0.335 e. The number of aromatic carboxylic acids is 1. The number of hydrogen-bond donors (Lipinski definition) is 2. The van der Waals surface area contributed by atoms with E-state index in [4.69, 9.17) is 21.4 Å². The first-order valence-corrected chi connectivity index (χ1v) is 9.94. The minimum Gasteiger partial charge on any atom is -0.489 e. The van der Waals surface area contributed by atoms with Crippen LogP contribution in [0, 0.1) is 12.7 Å². The molecule has 0 aromatic heterocycles. The molecule has 0 saturated carbocycles. The number of carbonyl (C=O) groups excluding carboxylic acids is 1. The predicted octanol–water partition coefficient (Wildman–Crippen LogP) is 5.56. The average molecular weight is 442 g/mol. The molecule has 1 amide bonds. The molecule has 0 heterocycles. The molecule has 1 atom stereocenters. The molecule has 7 heteroatoms. The zero-order valence-electron chi connectivity index (χ0n) is 17.0. The highest BCUT2D eigenvalue weighted by Crippen LogP contribution is 2.23. The standard InChI is InChI=1S/C24H21ClFNO4/c1-14-11-16(24(29)30)4-10-21(14)15(2)27-23(28)22-12-18(25)5-3-17(22)13-31-20-8-6-19(26)7-9-20/h3-12,15H,13H2,1-2H3,(H,27,28)(H,29,30)/t15-/m0/s1. The van der Waals surface area contributed by atoms with Crippen molar-refractivity contribution in [1.82, 2.24) is 5.32 Å². The van der Waals surface area contributed by atoms with Gasteiger partial charge in [-0.3, -0.25) is 4.79 Å². The van der Waals surface area contributed by atoms with Gasteiger partial charge in [0.05, 0.1) is 11.6 Å². The van der Waals surface area contributed by atoms with E-state index in [0.717, 1.165) is 11.1 Å². The van der Waals surface area contributed by atoms with Crippen molar-refractivity contribution < 1.29 is 23.8 Å². The van der Waals surface area contributed by atoms with Gasteiger partial charge in [-0.2, -0.15) is 0 Å². The summed E-state index contributed by atoms with van der Waals surface area (Å²) in [7, 11) is 0. The second-order valence-electron chi connectivity index (χ2n) is 7.12. The Balaban J connectivity index is 1.77. The third-order valence-corrected chi connectivity index (χ3v) is 5.09. The molecular formula is C24H21ClFNO4. The van der Waals surface area contributed by atoms with Crippen LogP contribution in [0.15, 0.2) is 60.7 Å². The van der Waals surface area contributed by atoms with Gasteiger partial charge in [-0.05, 0) is 73.5 Å². The van der Waals surface area contributed by atoms with Crippen LogP contribution in [0.1, 0.15) is 50.4 Å². The number of carbonyl (C=O) groups is 2. The van der Waals surface area contributed by atoms with E-state index in [1.54, 1.807) is 37.3 Å². The van der Waals surface area contributed by atoms with E-state index in [2.05, 4.69) is 5.32 Å². The van der Waals surface area contributed by atoms with Crippen LogP contribution in [-0.4, -0.2) is 17.0 Å². The van der Waals surface area contributed by atoms with Crippen molar-refractivity contribution in [2.45, 2.75) is 26.5 Å². The predicted molar refractivity (Wildman–Crippen MR) is 116 cm³/mol. The molecule has 0 saturated heterocycles. The topological polar surface area (TPSA) is 75.6 Å². The highest BCUT2D eigenvalue weighted by atomic mass is 35.5. The summed E-state index contributed by atoms with van der Waals surface area (Å²) in [6.45, 7) is 3.72.